The maximum Gasteiger partial charge on any atom is 0.311 e. The van der Waals surface area contributed by atoms with Crippen molar-refractivity contribution in [3.63, 3.8) is 0 Å². The topological polar surface area (TPSA) is 77.8 Å². The normalized spacial score (nSPS) is 11.8. The highest BCUT2D eigenvalue weighted by atomic mass is 16.5. The van der Waals surface area contributed by atoms with Crippen molar-refractivity contribution in [2.45, 2.75) is 32.8 Å². The van der Waals surface area contributed by atoms with Crippen molar-refractivity contribution in [2.75, 3.05) is 13.7 Å². The number of benzene rings is 2. The molecule has 0 aliphatic heterocycles. The van der Waals surface area contributed by atoms with Crippen LogP contribution in [0.15, 0.2) is 53.1 Å². The van der Waals surface area contributed by atoms with Crippen LogP contribution in [0, 0.1) is 6.92 Å². The van der Waals surface area contributed by atoms with Crippen LogP contribution in [0.3, 0.4) is 0 Å². The fourth-order valence-electron chi connectivity index (χ4n) is 3.04. The molecule has 0 fully saturated rings. The molecule has 0 aliphatic carbocycles. The zero-order chi connectivity index (χ0) is 20.8. The smallest absolute Gasteiger partial charge is 0.311 e. The molecule has 2 aromatic carbocycles. The number of hydrogen-bond donors (Lipinski definition) is 1. The van der Waals surface area contributed by atoms with Gasteiger partial charge in [0.2, 0.25) is 0 Å². The van der Waals surface area contributed by atoms with E-state index in [1.54, 1.807) is 20.3 Å². The number of fused-ring (bicyclic) bond motifs is 1. The third-order valence-electron chi connectivity index (χ3n) is 4.70. The van der Waals surface area contributed by atoms with Crippen molar-refractivity contribution in [3.05, 3.63) is 65.4 Å². The molecule has 29 heavy (non-hydrogen) atoms. The fourth-order valence-corrected chi connectivity index (χ4v) is 3.04. The SMILES string of the molecule is COc1ccc(CCNC(=O)[C@@H](C)OC(=O)Cc2coc3cc(C)ccc23)cc1. The van der Waals surface area contributed by atoms with Crippen LogP contribution in [-0.4, -0.2) is 31.6 Å². The molecular formula is C23H25NO5. The highest BCUT2D eigenvalue weighted by molar-refractivity contribution is 5.88. The molecule has 0 saturated heterocycles. The van der Waals surface area contributed by atoms with Crippen LogP contribution >= 0.6 is 0 Å². The first-order valence-corrected chi connectivity index (χ1v) is 9.53. The number of methoxy groups -OCH3 is 1. The largest absolute Gasteiger partial charge is 0.497 e. The van der Waals surface area contributed by atoms with Gasteiger partial charge >= 0.3 is 5.97 Å². The maximum atomic E-state index is 12.2. The summed E-state index contributed by atoms with van der Waals surface area (Å²) in [7, 11) is 1.62. The molecule has 0 unspecified atom stereocenters. The van der Waals surface area contributed by atoms with E-state index in [1.165, 1.54) is 0 Å². The van der Waals surface area contributed by atoms with Gasteiger partial charge in [-0.05, 0) is 49.6 Å². The van der Waals surface area contributed by atoms with E-state index in [4.69, 9.17) is 13.9 Å². The quantitative estimate of drug-likeness (QED) is 0.590. The first-order chi connectivity index (χ1) is 14.0. The summed E-state index contributed by atoms with van der Waals surface area (Å²) >= 11 is 0. The Labute approximate surface area is 169 Å². The number of hydrogen-bond acceptors (Lipinski definition) is 5. The highest BCUT2D eigenvalue weighted by Gasteiger charge is 2.19. The van der Waals surface area contributed by atoms with E-state index in [1.807, 2.05) is 49.4 Å². The molecule has 1 N–H and O–H groups in total. The van der Waals surface area contributed by atoms with Gasteiger partial charge in [-0.2, -0.15) is 0 Å². The van der Waals surface area contributed by atoms with Crippen molar-refractivity contribution in [2.24, 2.45) is 0 Å². The van der Waals surface area contributed by atoms with Crippen molar-refractivity contribution in [1.29, 1.82) is 0 Å². The Balaban J connectivity index is 1.46. The monoisotopic (exact) mass is 395 g/mol. The fraction of sp³-hybridized carbons (Fsp3) is 0.304. The molecule has 3 aromatic rings. The Morgan fingerprint density at radius 2 is 1.90 bits per heavy atom. The van der Waals surface area contributed by atoms with Gasteiger partial charge in [0.1, 0.15) is 11.3 Å². The van der Waals surface area contributed by atoms with Crippen LogP contribution in [0.2, 0.25) is 0 Å². The number of nitrogens with one attached hydrogen (secondary N) is 1. The van der Waals surface area contributed by atoms with E-state index in [9.17, 15) is 9.59 Å². The van der Waals surface area contributed by atoms with Gasteiger partial charge in [-0.15, -0.1) is 0 Å². The van der Waals surface area contributed by atoms with E-state index >= 15 is 0 Å². The number of aryl methyl sites for hydroxylation is 1. The molecule has 0 radical (unpaired) electrons. The van der Waals surface area contributed by atoms with Crippen molar-refractivity contribution >= 4 is 22.8 Å². The lowest BCUT2D eigenvalue weighted by Gasteiger charge is -2.13. The maximum absolute atomic E-state index is 12.2. The zero-order valence-corrected chi connectivity index (χ0v) is 16.9. The first-order valence-electron chi connectivity index (χ1n) is 9.53. The van der Waals surface area contributed by atoms with Gasteiger partial charge in [0, 0.05) is 17.5 Å². The van der Waals surface area contributed by atoms with E-state index in [2.05, 4.69) is 5.32 Å². The molecule has 0 bridgehead atoms. The Morgan fingerprint density at radius 3 is 2.62 bits per heavy atom. The zero-order valence-electron chi connectivity index (χ0n) is 16.9. The van der Waals surface area contributed by atoms with E-state index < -0.39 is 12.1 Å². The lowest BCUT2D eigenvalue weighted by Crippen LogP contribution is -2.37. The number of furan rings is 1. The summed E-state index contributed by atoms with van der Waals surface area (Å²) in [6.07, 6.45) is 1.43. The highest BCUT2D eigenvalue weighted by Crippen LogP contribution is 2.23. The number of carbonyl (C=O) groups is 2. The van der Waals surface area contributed by atoms with Crippen LogP contribution in [-0.2, 0) is 27.2 Å². The third kappa shape index (κ3) is 5.38. The molecule has 1 aromatic heterocycles. The lowest BCUT2D eigenvalue weighted by molar-refractivity contribution is -0.154. The Hall–Kier alpha value is -3.28. The average Bonchev–Trinajstić information content (AvgIpc) is 3.09. The number of carbonyl (C=O) groups excluding carboxylic acids is 2. The van der Waals surface area contributed by atoms with Gasteiger partial charge in [0.25, 0.3) is 5.91 Å². The summed E-state index contributed by atoms with van der Waals surface area (Å²) < 4.78 is 15.9. The molecule has 0 spiro atoms. The Morgan fingerprint density at radius 1 is 1.14 bits per heavy atom. The number of esters is 1. The second kappa shape index (κ2) is 9.28. The molecule has 152 valence electrons. The van der Waals surface area contributed by atoms with Crippen LogP contribution in [0.5, 0.6) is 5.75 Å². The second-order valence-corrected chi connectivity index (χ2v) is 6.96. The van der Waals surface area contributed by atoms with Gasteiger partial charge in [0.15, 0.2) is 6.10 Å². The van der Waals surface area contributed by atoms with E-state index in [-0.39, 0.29) is 12.3 Å². The molecule has 6 heteroatoms. The molecule has 0 aliphatic rings. The van der Waals surface area contributed by atoms with Gasteiger partial charge < -0.3 is 19.2 Å². The summed E-state index contributed by atoms with van der Waals surface area (Å²) in [6.45, 7) is 4.00. The Kier molecular flexibility index (Phi) is 6.54. The van der Waals surface area contributed by atoms with E-state index in [0.717, 1.165) is 33.4 Å². The minimum Gasteiger partial charge on any atom is -0.497 e. The van der Waals surface area contributed by atoms with E-state index in [0.29, 0.717) is 13.0 Å². The summed E-state index contributed by atoms with van der Waals surface area (Å²) in [5.41, 5.74) is 3.65. The first kappa shape index (κ1) is 20.5. The van der Waals surface area contributed by atoms with Crippen LogP contribution < -0.4 is 10.1 Å². The van der Waals surface area contributed by atoms with Gasteiger partial charge in [0.05, 0.1) is 19.8 Å². The molecule has 0 saturated carbocycles. The van der Waals surface area contributed by atoms with Gasteiger partial charge in [-0.3, -0.25) is 9.59 Å². The average molecular weight is 395 g/mol. The molecule has 1 amide bonds. The number of ether oxygens (including phenoxy) is 2. The molecular weight excluding hydrogens is 370 g/mol. The van der Waals surface area contributed by atoms with Gasteiger partial charge in [-0.1, -0.05) is 24.3 Å². The molecule has 1 heterocycles. The predicted octanol–water partition coefficient (Wildman–Crippen LogP) is 3.58. The number of amides is 1. The second-order valence-electron chi connectivity index (χ2n) is 6.96. The van der Waals surface area contributed by atoms with Crippen molar-refractivity contribution in [3.8, 4) is 5.75 Å². The predicted molar refractivity (Wildman–Crippen MR) is 110 cm³/mol. The minimum atomic E-state index is -0.862. The molecule has 6 nitrogen and oxygen atoms in total. The van der Waals surface area contributed by atoms with Crippen LogP contribution in [0.25, 0.3) is 11.0 Å². The standard InChI is InChI=1S/C23H25NO5/c1-15-4-9-20-18(14-28-21(20)12-15)13-22(25)29-16(2)23(26)24-11-10-17-5-7-19(27-3)8-6-17/h4-9,12,14,16H,10-11,13H2,1-3H3,(H,24,26)/t16-/m1/s1. The minimum absolute atomic E-state index is 0.0551. The molecule has 3 rings (SSSR count). The Bertz CT molecular complexity index is 990. The summed E-state index contributed by atoms with van der Waals surface area (Å²) in [6, 6.07) is 13.5. The molecule has 1 atom stereocenters. The summed E-state index contributed by atoms with van der Waals surface area (Å²) in [4.78, 5) is 24.4. The third-order valence-corrected chi connectivity index (χ3v) is 4.70. The van der Waals surface area contributed by atoms with Crippen molar-refractivity contribution < 1.29 is 23.5 Å². The van der Waals surface area contributed by atoms with Gasteiger partial charge in [-0.25, -0.2) is 0 Å². The van der Waals surface area contributed by atoms with Crippen LogP contribution in [0.1, 0.15) is 23.6 Å². The number of rotatable bonds is 8. The summed E-state index contributed by atoms with van der Waals surface area (Å²) in [5.74, 6) is 0.00414. The lowest BCUT2D eigenvalue weighted by atomic mass is 10.1. The summed E-state index contributed by atoms with van der Waals surface area (Å²) in [5, 5.41) is 3.67. The van der Waals surface area contributed by atoms with Crippen molar-refractivity contribution in [1.82, 2.24) is 5.32 Å². The van der Waals surface area contributed by atoms with Crippen LogP contribution in [0.4, 0.5) is 0 Å².